The van der Waals surface area contributed by atoms with E-state index in [1.807, 2.05) is 0 Å². The maximum atomic E-state index is 12.8. The van der Waals surface area contributed by atoms with Crippen molar-refractivity contribution in [2.45, 2.75) is 0 Å². The summed E-state index contributed by atoms with van der Waals surface area (Å²) in [7, 11) is 1.62. The molecule has 2 aromatic carbocycles. The Morgan fingerprint density at radius 1 is 1.13 bits per heavy atom. The highest BCUT2D eigenvalue weighted by molar-refractivity contribution is 14.1. The number of carbonyl (C=O) groups is 4. The molecule has 3 rings (SSSR count). The van der Waals surface area contributed by atoms with Crippen molar-refractivity contribution in [1.29, 1.82) is 0 Å². The molecule has 1 N–H and O–H groups in total. The highest BCUT2D eigenvalue weighted by atomic mass is 127. The Morgan fingerprint density at radius 2 is 1.80 bits per heavy atom. The molecule has 156 valence electrons. The fourth-order valence-corrected chi connectivity index (χ4v) is 3.47. The first kappa shape index (κ1) is 22.1. The number of carbonyl (C=O) groups excluding carboxylic acids is 4. The van der Waals surface area contributed by atoms with E-state index < -0.39 is 11.8 Å². The van der Waals surface area contributed by atoms with E-state index in [0.29, 0.717) is 30.6 Å². The number of benzene rings is 2. The van der Waals surface area contributed by atoms with Crippen LogP contribution >= 0.6 is 23.0 Å². The van der Waals surface area contributed by atoms with Gasteiger partial charge in [-0.25, -0.2) is 0 Å². The van der Waals surface area contributed by atoms with Gasteiger partial charge in [0.15, 0.2) is 6.29 Å². The van der Waals surface area contributed by atoms with Gasteiger partial charge in [0.2, 0.25) is 0 Å². The zero-order valence-electron chi connectivity index (χ0n) is 16.1. The lowest BCUT2D eigenvalue weighted by atomic mass is 9.96. The summed E-state index contributed by atoms with van der Waals surface area (Å²) in [6, 6.07) is 9.66. The van der Waals surface area contributed by atoms with Crippen molar-refractivity contribution in [2.75, 3.05) is 33.4 Å². The van der Waals surface area contributed by atoms with Crippen molar-refractivity contribution >= 4 is 47.0 Å². The van der Waals surface area contributed by atoms with Crippen molar-refractivity contribution < 1.29 is 27.4 Å². The topological polar surface area (TPSA) is 104 Å². The van der Waals surface area contributed by atoms with Gasteiger partial charge in [-0.1, -0.05) is 18.2 Å². The Morgan fingerprint density at radius 3 is 2.47 bits per heavy atom. The van der Waals surface area contributed by atoms with Gasteiger partial charge < -0.3 is 13.1 Å². The molecule has 0 bridgehead atoms. The normalized spacial score (nSPS) is 12.8. The van der Waals surface area contributed by atoms with E-state index in [1.54, 1.807) is 66.5 Å². The second-order valence-electron chi connectivity index (χ2n) is 6.71. The van der Waals surface area contributed by atoms with Crippen molar-refractivity contribution in [3.63, 3.8) is 0 Å². The number of aliphatic hydroxyl groups excluding tert-OH is 1. The summed E-state index contributed by atoms with van der Waals surface area (Å²) in [5.74, 6) is -1.24. The Balaban J connectivity index is 1.98. The molecule has 2 aromatic rings. The number of hydrogen-bond acceptors (Lipinski definition) is 6. The number of likely N-dealkylation sites (N-methyl/N-ethyl adjacent to an activating group) is 1. The van der Waals surface area contributed by atoms with Crippen LogP contribution < -0.4 is 0 Å². The van der Waals surface area contributed by atoms with Gasteiger partial charge in [0.25, 0.3) is 17.7 Å². The van der Waals surface area contributed by atoms with Crippen LogP contribution in [0.1, 0.15) is 41.4 Å². The fourth-order valence-electron chi connectivity index (χ4n) is 3.28. The van der Waals surface area contributed by atoms with Crippen molar-refractivity contribution in [3.8, 4) is 11.1 Å². The monoisotopic (exact) mass is 522 g/mol. The van der Waals surface area contributed by atoms with Crippen molar-refractivity contribution in [2.24, 2.45) is 0 Å². The van der Waals surface area contributed by atoms with E-state index in [4.69, 9.17) is 8.17 Å². The molecule has 0 radical (unpaired) electrons. The van der Waals surface area contributed by atoms with E-state index >= 15 is 0 Å². The number of amides is 3. The summed E-state index contributed by atoms with van der Waals surface area (Å²) in [5.41, 5.74) is 2.28. The Labute approximate surface area is 187 Å². The smallest absolute Gasteiger partial charge is 0.261 e. The van der Waals surface area contributed by atoms with Crippen LogP contribution in [0.3, 0.4) is 0 Å². The molecule has 0 unspecified atom stereocenters. The zero-order chi connectivity index (χ0) is 21.8. The number of imide groups is 1. The molecule has 0 fully saturated rings. The number of β-amino-alcohol motifs (C(OH)–C–C–N with tert-alkyl or cyclic N) is 1. The van der Waals surface area contributed by atoms with Gasteiger partial charge in [-0.2, -0.15) is 0 Å². The molecule has 30 heavy (non-hydrogen) atoms. The van der Waals surface area contributed by atoms with Crippen LogP contribution in [-0.4, -0.2) is 72.3 Å². The second kappa shape index (κ2) is 9.45. The van der Waals surface area contributed by atoms with E-state index in [-0.39, 0.29) is 41.3 Å². The van der Waals surface area contributed by atoms with E-state index in [1.165, 1.54) is 4.90 Å². The first-order valence-corrected chi connectivity index (χ1v) is 10.0. The molecule has 0 atom stereocenters. The molecule has 8 nitrogen and oxygen atoms in total. The van der Waals surface area contributed by atoms with Crippen LogP contribution in [0, 0.1) is 0 Å². The molecule has 1 heterocycles. The van der Waals surface area contributed by atoms with Crippen molar-refractivity contribution in [1.82, 2.24) is 9.80 Å². The highest BCUT2D eigenvalue weighted by Crippen LogP contribution is 2.29. The number of halogens is 1. The van der Waals surface area contributed by atoms with E-state index in [2.05, 4.69) is 0 Å². The summed E-state index contributed by atoms with van der Waals surface area (Å²) in [6.45, 7) is 0.333. The first-order chi connectivity index (χ1) is 14.4. The SMILES string of the molecule is CN(CCOI)C(=O)c1cc(-c2ccc3c(c2)C(=O)N(CCO)C3=O)ccc1C=O. The number of aldehydes is 1. The molecular weight excluding hydrogens is 503 g/mol. The summed E-state index contributed by atoms with van der Waals surface area (Å²) < 4.78 is 4.96. The van der Waals surface area contributed by atoms with Gasteiger partial charge in [0.1, 0.15) is 23.0 Å². The summed E-state index contributed by atoms with van der Waals surface area (Å²) in [4.78, 5) is 51.5. The number of fused-ring (bicyclic) bond motifs is 1. The minimum Gasteiger partial charge on any atom is -0.395 e. The number of rotatable bonds is 8. The lowest BCUT2D eigenvalue weighted by Gasteiger charge is -2.18. The standard InChI is InChI=1S/C21H19IN2O6/c1-23(7-9-30-22)19(27)17-10-13(2-3-15(17)12-26)14-4-5-16-18(11-14)21(29)24(6-8-25)20(16)28/h2-5,10-12,25H,6-9H2,1H3. The van der Waals surface area contributed by atoms with Crippen LogP contribution in [0.25, 0.3) is 11.1 Å². The van der Waals surface area contributed by atoms with Gasteiger partial charge in [0.05, 0.1) is 36.4 Å². The van der Waals surface area contributed by atoms with Crippen LogP contribution in [0.4, 0.5) is 0 Å². The third-order valence-electron chi connectivity index (χ3n) is 4.89. The van der Waals surface area contributed by atoms with Crippen LogP contribution in [0.2, 0.25) is 0 Å². The minimum atomic E-state index is -0.467. The highest BCUT2D eigenvalue weighted by Gasteiger charge is 2.35. The third-order valence-corrected chi connectivity index (χ3v) is 5.33. The quantitative estimate of drug-likeness (QED) is 0.324. The summed E-state index contributed by atoms with van der Waals surface area (Å²) >= 11 is 1.75. The van der Waals surface area contributed by atoms with Gasteiger partial charge >= 0.3 is 0 Å². The maximum Gasteiger partial charge on any atom is 0.261 e. The van der Waals surface area contributed by atoms with Gasteiger partial charge in [-0.15, -0.1) is 0 Å². The van der Waals surface area contributed by atoms with Gasteiger partial charge in [-0.3, -0.25) is 24.1 Å². The summed E-state index contributed by atoms with van der Waals surface area (Å²) in [6.07, 6.45) is 0.622. The Bertz CT molecular complexity index is 1020. The fraction of sp³-hybridized carbons (Fsp3) is 0.238. The largest absolute Gasteiger partial charge is 0.395 e. The van der Waals surface area contributed by atoms with Crippen LogP contribution in [0.5, 0.6) is 0 Å². The third kappa shape index (κ3) is 4.13. The molecule has 1 aliphatic heterocycles. The molecule has 1 aliphatic rings. The lowest BCUT2D eigenvalue weighted by molar-refractivity contribution is 0.0623. The lowest BCUT2D eigenvalue weighted by Crippen LogP contribution is -2.32. The maximum absolute atomic E-state index is 12.8. The van der Waals surface area contributed by atoms with E-state index in [0.717, 1.165) is 4.90 Å². The van der Waals surface area contributed by atoms with E-state index in [9.17, 15) is 19.2 Å². The molecular formula is C21H19IN2O6. The average molecular weight is 522 g/mol. The van der Waals surface area contributed by atoms with Gasteiger partial charge in [0, 0.05) is 19.2 Å². The predicted octanol–water partition coefficient (Wildman–Crippen LogP) is 2.19. The molecule has 3 amide bonds. The number of hydrogen-bond donors (Lipinski definition) is 1. The first-order valence-electron chi connectivity index (χ1n) is 9.12. The molecule has 9 heteroatoms. The number of nitrogens with zero attached hydrogens (tertiary/aromatic N) is 2. The Kier molecular flexibility index (Phi) is 6.95. The Hall–Kier alpha value is -2.63. The summed E-state index contributed by atoms with van der Waals surface area (Å²) in [5, 5.41) is 9.09. The molecule has 0 spiro atoms. The number of aliphatic hydroxyl groups is 1. The van der Waals surface area contributed by atoms with Crippen molar-refractivity contribution in [3.05, 3.63) is 58.7 Å². The molecule has 0 aromatic heterocycles. The van der Waals surface area contributed by atoms with Gasteiger partial charge in [-0.05, 0) is 29.3 Å². The molecule has 0 saturated carbocycles. The molecule has 0 saturated heterocycles. The minimum absolute atomic E-state index is 0.0678. The van der Waals surface area contributed by atoms with Crippen LogP contribution in [0.15, 0.2) is 36.4 Å². The predicted molar refractivity (Wildman–Crippen MR) is 117 cm³/mol. The second-order valence-corrected chi connectivity index (χ2v) is 7.33. The average Bonchev–Trinajstić information content (AvgIpc) is 3.01. The zero-order valence-corrected chi connectivity index (χ0v) is 18.3. The van der Waals surface area contributed by atoms with Crippen LogP contribution in [-0.2, 0) is 3.07 Å². The molecule has 0 aliphatic carbocycles.